The van der Waals surface area contributed by atoms with Crippen LogP contribution in [-0.4, -0.2) is 20.8 Å². The molecule has 0 radical (unpaired) electrons. The largest absolute Gasteiger partial charge is 0.393 e. The van der Waals surface area contributed by atoms with Gasteiger partial charge >= 0.3 is 0 Å². The minimum Gasteiger partial charge on any atom is -0.393 e. The van der Waals surface area contributed by atoms with Crippen LogP contribution in [0.5, 0.6) is 0 Å². The lowest BCUT2D eigenvalue weighted by Crippen LogP contribution is -2.38. The molecule has 2 saturated carbocycles. The molecule has 3 nitrogen and oxygen atoms in total. The summed E-state index contributed by atoms with van der Waals surface area (Å²) in [6, 6.07) is 0.463. The molecular formula is C15H24N2O. The van der Waals surface area contributed by atoms with Crippen molar-refractivity contribution in [2.45, 2.75) is 70.9 Å². The molecule has 0 saturated heterocycles. The molecule has 1 N–H and O–H groups in total. The second-order valence-electron chi connectivity index (χ2n) is 6.35. The first-order chi connectivity index (χ1) is 8.61. The van der Waals surface area contributed by atoms with Crippen LogP contribution in [-0.2, 0) is 0 Å². The molecule has 3 rings (SSSR count). The van der Waals surface area contributed by atoms with Gasteiger partial charge in [-0.1, -0.05) is 12.8 Å². The topological polar surface area (TPSA) is 38.0 Å². The van der Waals surface area contributed by atoms with E-state index in [1.165, 1.54) is 32.1 Å². The van der Waals surface area contributed by atoms with Gasteiger partial charge < -0.3 is 9.67 Å². The van der Waals surface area contributed by atoms with Gasteiger partial charge in [-0.15, -0.1) is 0 Å². The zero-order valence-electron chi connectivity index (χ0n) is 11.5. The Labute approximate surface area is 109 Å². The molecule has 1 heterocycles. The predicted molar refractivity (Wildman–Crippen MR) is 71.5 cm³/mol. The molecule has 0 aliphatic heterocycles. The van der Waals surface area contributed by atoms with Crippen molar-refractivity contribution in [2.24, 2.45) is 5.41 Å². The Bertz CT molecular complexity index is 432. The van der Waals surface area contributed by atoms with E-state index in [1.807, 2.05) is 0 Å². The van der Waals surface area contributed by atoms with Gasteiger partial charge in [0.2, 0.25) is 0 Å². The minimum absolute atomic E-state index is 0.122. The summed E-state index contributed by atoms with van der Waals surface area (Å²) in [5, 5.41) is 10.0. The Morgan fingerprint density at radius 2 is 2.00 bits per heavy atom. The Hall–Kier alpha value is -0.830. The summed E-state index contributed by atoms with van der Waals surface area (Å²) in [4.78, 5) is 4.55. The zero-order chi connectivity index (χ0) is 12.8. The summed E-state index contributed by atoms with van der Waals surface area (Å²) in [6.07, 6.45) is 10.5. The highest BCUT2D eigenvalue weighted by Crippen LogP contribution is 2.54. The van der Waals surface area contributed by atoms with Gasteiger partial charge in [0, 0.05) is 12.2 Å². The lowest BCUT2D eigenvalue weighted by molar-refractivity contribution is 0.0167. The zero-order valence-corrected chi connectivity index (χ0v) is 11.5. The first kappa shape index (κ1) is 12.2. The molecule has 100 valence electrons. The highest BCUT2D eigenvalue weighted by molar-refractivity contribution is 5.07. The van der Waals surface area contributed by atoms with E-state index in [-0.39, 0.29) is 6.10 Å². The molecule has 0 aromatic carbocycles. The summed E-state index contributed by atoms with van der Waals surface area (Å²) in [7, 11) is 0. The molecule has 2 unspecified atom stereocenters. The third-order valence-corrected chi connectivity index (χ3v) is 5.15. The van der Waals surface area contributed by atoms with E-state index in [9.17, 15) is 5.11 Å². The quantitative estimate of drug-likeness (QED) is 0.829. The lowest BCUT2D eigenvalue weighted by Gasteiger charge is -2.44. The number of aryl methyl sites for hydroxylation is 2. The number of imidazole rings is 1. The summed E-state index contributed by atoms with van der Waals surface area (Å²) in [6.45, 7) is 4.15. The highest BCUT2D eigenvalue weighted by atomic mass is 16.3. The van der Waals surface area contributed by atoms with Crippen molar-refractivity contribution in [1.29, 1.82) is 0 Å². The van der Waals surface area contributed by atoms with Crippen LogP contribution in [0.25, 0.3) is 0 Å². The molecule has 2 aliphatic rings. The minimum atomic E-state index is -0.122. The van der Waals surface area contributed by atoms with E-state index in [2.05, 4.69) is 29.6 Å². The van der Waals surface area contributed by atoms with Gasteiger partial charge in [0.15, 0.2) is 0 Å². The molecule has 1 aromatic heterocycles. The van der Waals surface area contributed by atoms with Crippen molar-refractivity contribution in [3.05, 3.63) is 17.7 Å². The number of aliphatic hydroxyl groups is 1. The van der Waals surface area contributed by atoms with Crippen LogP contribution >= 0.6 is 0 Å². The van der Waals surface area contributed by atoms with Crippen LogP contribution in [0, 0.1) is 19.3 Å². The monoisotopic (exact) mass is 248 g/mol. The van der Waals surface area contributed by atoms with E-state index in [1.54, 1.807) is 0 Å². The van der Waals surface area contributed by atoms with Crippen molar-refractivity contribution in [2.75, 3.05) is 0 Å². The van der Waals surface area contributed by atoms with Gasteiger partial charge in [0.25, 0.3) is 0 Å². The van der Waals surface area contributed by atoms with Crippen molar-refractivity contribution < 1.29 is 5.11 Å². The molecule has 2 aliphatic carbocycles. The third-order valence-electron chi connectivity index (χ3n) is 5.15. The summed E-state index contributed by atoms with van der Waals surface area (Å²) in [5.74, 6) is 1.11. The van der Waals surface area contributed by atoms with E-state index < -0.39 is 0 Å². The van der Waals surface area contributed by atoms with Gasteiger partial charge in [-0.25, -0.2) is 4.98 Å². The number of hydrogen-bond acceptors (Lipinski definition) is 2. The van der Waals surface area contributed by atoms with Gasteiger partial charge in [-0.05, 0) is 51.4 Å². The van der Waals surface area contributed by atoms with Gasteiger partial charge in [-0.2, -0.15) is 0 Å². The van der Waals surface area contributed by atoms with Crippen molar-refractivity contribution in [3.8, 4) is 0 Å². The fourth-order valence-corrected chi connectivity index (χ4v) is 4.27. The molecule has 1 spiro atoms. The third kappa shape index (κ3) is 1.89. The molecular weight excluding hydrogens is 224 g/mol. The first-order valence-corrected chi connectivity index (χ1v) is 7.31. The first-order valence-electron chi connectivity index (χ1n) is 7.31. The summed E-state index contributed by atoms with van der Waals surface area (Å²) in [5.41, 5.74) is 1.54. The molecule has 2 fully saturated rings. The Balaban J connectivity index is 1.97. The smallest absolute Gasteiger partial charge is 0.106 e. The van der Waals surface area contributed by atoms with Crippen molar-refractivity contribution in [1.82, 2.24) is 9.55 Å². The number of nitrogens with zero attached hydrogens (tertiary/aromatic N) is 2. The Morgan fingerprint density at radius 1 is 1.28 bits per heavy atom. The fraction of sp³-hybridized carbons (Fsp3) is 0.800. The number of aromatic nitrogens is 2. The van der Waals surface area contributed by atoms with E-state index in [0.717, 1.165) is 24.4 Å². The lowest BCUT2D eigenvalue weighted by atomic mass is 9.68. The average Bonchev–Trinajstić information content (AvgIpc) is 2.91. The maximum absolute atomic E-state index is 10.0. The second-order valence-corrected chi connectivity index (χ2v) is 6.35. The molecule has 3 heteroatoms. The number of hydrogen-bond donors (Lipinski definition) is 1. The van der Waals surface area contributed by atoms with Crippen LogP contribution in [0.4, 0.5) is 0 Å². The number of rotatable bonds is 1. The fourth-order valence-electron chi connectivity index (χ4n) is 4.27. The van der Waals surface area contributed by atoms with E-state index in [4.69, 9.17) is 0 Å². The molecule has 1 aromatic rings. The van der Waals surface area contributed by atoms with Crippen LogP contribution in [0.15, 0.2) is 6.20 Å². The van der Waals surface area contributed by atoms with Gasteiger partial charge in [-0.3, -0.25) is 0 Å². The normalized spacial score (nSPS) is 31.1. The molecule has 18 heavy (non-hydrogen) atoms. The van der Waals surface area contributed by atoms with Gasteiger partial charge in [0.05, 0.1) is 11.8 Å². The highest BCUT2D eigenvalue weighted by Gasteiger charge is 2.46. The van der Waals surface area contributed by atoms with Gasteiger partial charge in [0.1, 0.15) is 5.82 Å². The number of aliphatic hydroxyl groups excluding tert-OH is 1. The second kappa shape index (κ2) is 4.37. The van der Waals surface area contributed by atoms with E-state index in [0.29, 0.717) is 11.5 Å². The summed E-state index contributed by atoms with van der Waals surface area (Å²) >= 11 is 0. The Morgan fingerprint density at radius 3 is 2.61 bits per heavy atom. The predicted octanol–water partition coefficient (Wildman–Crippen LogP) is 3.15. The van der Waals surface area contributed by atoms with Crippen molar-refractivity contribution in [3.63, 3.8) is 0 Å². The van der Waals surface area contributed by atoms with Crippen molar-refractivity contribution >= 4 is 0 Å². The van der Waals surface area contributed by atoms with Crippen LogP contribution < -0.4 is 0 Å². The maximum Gasteiger partial charge on any atom is 0.106 e. The molecule has 0 amide bonds. The van der Waals surface area contributed by atoms with Crippen LogP contribution in [0.2, 0.25) is 0 Å². The maximum atomic E-state index is 10.0. The molecule has 0 bridgehead atoms. The SMILES string of the molecule is Cc1cn(C2CC(O)CCC23CCCC3)c(C)n1. The van der Waals surface area contributed by atoms with E-state index >= 15 is 0 Å². The average molecular weight is 248 g/mol. The Kier molecular flexibility index (Phi) is 2.97. The van der Waals surface area contributed by atoms with Crippen LogP contribution in [0.3, 0.4) is 0 Å². The standard InChI is InChI=1S/C15H24N2O/c1-11-10-17(12(2)16-11)14-9-13(18)5-8-15(14)6-3-4-7-15/h10,13-14,18H,3-9H2,1-2H3. The molecule has 2 atom stereocenters. The summed E-state index contributed by atoms with van der Waals surface area (Å²) < 4.78 is 2.35. The van der Waals surface area contributed by atoms with Crippen LogP contribution in [0.1, 0.15) is 62.5 Å².